The predicted octanol–water partition coefficient (Wildman–Crippen LogP) is 4.23. The van der Waals surface area contributed by atoms with Gasteiger partial charge in [0.2, 0.25) is 5.88 Å². The van der Waals surface area contributed by atoms with Gasteiger partial charge in [-0.15, -0.1) is 16.9 Å². The molecular formula is C20H26N4OS. The van der Waals surface area contributed by atoms with E-state index in [9.17, 15) is 0 Å². The number of imidazole rings is 1. The van der Waals surface area contributed by atoms with Crippen LogP contribution in [-0.2, 0) is 0 Å². The molecule has 0 saturated heterocycles. The number of aromatic nitrogens is 3. The molecule has 6 heteroatoms. The van der Waals surface area contributed by atoms with Crippen molar-refractivity contribution in [1.29, 1.82) is 0 Å². The van der Waals surface area contributed by atoms with Crippen LogP contribution in [0.3, 0.4) is 0 Å². The molecule has 0 radical (unpaired) electrons. The van der Waals surface area contributed by atoms with E-state index in [0.717, 1.165) is 43.0 Å². The molecule has 0 N–H and O–H groups in total. The lowest BCUT2D eigenvalue weighted by Crippen LogP contribution is -2.25. The number of nitrogens with zero attached hydrogens (tertiary/aromatic N) is 4. The summed E-state index contributed by atoms with van der Waals surface area (Å²) in [5.41, 5.74) is 2.90. The van der Waals surface area contributed by atoms with Gasteiger partial charge >= 0.3 is 0 Å². The van der Waals surface area contributed by atoms with Crippen molar-refractivity contribution in [3.05, 3.63) is 42.6 Å². The van der Waals surface area contributed by atoms with Crippen LogP contribution in [0.4, 0.5) is 0 Å². The zero-order valence-electron chi connectivity index (χ0n) is 15.7. The van der Waals surface area contributed by atoms with E-state index in [1.165, 1.54) is 4.90 Å². The Morgan fingerprint density at radius 2 is 1.85 bits per heavy atom. The third-order valence-electron chi connectivity index (χ3n) is 4.49. The smallest absolute Gasteiger partial charge is 0.231 e. The summed E-state index contributed by atoms with van der Waals surface area (Å²) in [5.74, 6) is 0.636. The zero-order valence-corrected chi connectivity index (χ0v) is 16.5. The van der Waals surface area contributed by atoms with E-state index in [1.54, 1.807) is 11.8 Å². The van der Waals surface area contributed by atoms with Gasteiger partial charge in [-0.3, -0.25) is 0 Å². The van der Waals surface area contributed by atoms with Crippen LogP contribution in [0.1, 0.15) is 20.3 Å². The van der Waals surface area contributed by atoms with Crippen molar-refractivity contribution in [2.45, 2.75) is 25.2 Å². The quantitative estimate of drug-likeness (QED) is 0.416. The Bertz CT molecular complexity index is 827. The lowest BCUT2D eigenvalue weighted by atomic mass is 10.2. The van der Waals surface area contributed by atoms with Crippen molar-refractivity contribution < 1.29 is 4.74 Å². The Labute approximate surface area is 159 Å². The predicted molar refractivity (Wildman–Crippen MR) is 108 cm³/mol. The number of hydrogen-bond acceptors (Lipinski definition) is 5. The maximum Gasteiger partial charge on any atom is 0.231 e. The maximum atomic E-state index is 5.86. The van der Waals surface area contributed by atoms with Gasteiger partial charge in [0, 0.05) is 23.1 Å². The fourth-order valence-corrected chi connectivity index (χ4v) is 3.31. The lowest BCUT2D eigenvalue weighted by Gasteiger charge is -2.17. The second-order valence-electron chi connectivity index (χ2n) is 6.04. The Balaban J connectivity index is 1.71. The number of thioether (sulfide) groups is 1. The molecule has 2 heterocycles. The highest BCUT2D eigenvalue weighted by atomic mass is 32.2. The Hall–Kier alpha value is -2.05. The first-order valence-corrected chi connectivity index (χ1v) is 10.3. The van der Waals surface area contributed by atoms with Crippen LogP contribution in [-0.4, -0.2) is 52.0 Å². The Morgan fingerprint density at radius 1 is 1.08 bits per heavy atom. The van der Waals surface area contributed by atoms with E-state index < -0.39 is 0 Å². The zero-order chi connectivity index (χ0) is 18.4. The Morgan fingerprint density at radius 3 is 2.54 bits per heavy atom. The van der Waals surface area contributed by atoms with Gasteiger partial charge in [-0.25, -0.2) is 9.50 Å². The average molecular weight is 371 g/mol. The number of ether oxygens (including phenoxy) is 1. The summed E-state index contributed by atoms with van der Waals surface area (Å²) in [6.07, 6.45) is 4.93. The highest BCUT2D eigenvalue weighted by molar-refractivity contribution is 7.98. The molecule has 0 spiro atoms. The van der Waals surface area contributed by atoms with Crippen molar-refractivity contribution in [3.63, 3.8) is 0 Å². The first-order chi connectivity index (χ1) is 12.7. The monoisotopic (exact) mass is 370 g/mol. The molecule has 3 aromatic rings. The molecule has 5 nitrogen and oxygen atoms in total. The molecule has 1 aromatic carbocycles. The summed E-state index contributed by atoms with van der Waals surface area (Å²) in [7, 11) is 0. The summed E-state index contributed by atoms with van der Waals surface area (Å²) < 4.78 is 7.72. The number of rotatable bonds is 9. The number of hydrogen-bond donors (Lipinski definition) is 0. The van der Waals surface area contributed by atoms with Crippen LogP contribution in [0, 0.1) is 0 Å². The minimum atomic E-state index is 0.636. The maximum absolute atomic E-state index is 5.86. The minimum Gasteiger partial charge on any atom is -0.477 e. The van der Waals surface area contributed by atoms with Crippen LogP contribution in [0.25, 0.3) is 16.9 Å². The average Bonchev–Trinajstić information content (AvgIpc) is 3.11. The van der Waals surface area contributed by atoms with Gasteiger partial charge in [-0.05, 0) is 44.0 Å². The molecule has 0 bridgehead atoms. The molecule has 26 heavy (non-hydrogen) atoms. The molecule has 0 saturated carbocycles. The summed E-state index contributed by atoms with van der Waals surface area (Å²) >= 11 is 1.74. The van der Waals surface area contributed by atoms with Crippen LogP contribution >= 0.6 is 11.8 Å². The van der Waals surface area contributed by atoms with E-state index in [4.69, 9.17) is 4.74 Å². The molecule has 2 aromatic heterocycles. The molecular weight excluding hydrogens is 344 g/mol. The molecule has 0 aliphatic heterocycles. The van der Waals surface area contributed by atoms with E-state index in [2.05, 4.69) is 59.4 Å². The lowest BCUT2D eigenvalue weighted by molar-refractivity contribution is 0.242. The van der Waals surface area contributed by atoms with Gasteiger partial charge < -0.3 is 9.64 Å². The van der Waals surface area contributed by atoms with Crippen LogP contribution in [0.15, 0.2) is 47.5 Å². The standard InChI is InChI=1S/C20H26N4OS/c1-4-23(5-2)13-6-14-25-20-12-11-19-21-15-18(24(19)22-20)16-7-9-17(26-3)10-8-16/h7-12,15H,4-6,13-14H2,1-3H3. The largest absolute Gasteiger partial charge is 0.477 e. The minimum absolute atomic E-state index is 0.636. The fraction of sp³-hybridized carbons (Fsp3) is 0.400. The van der Waals surface area contributed by atoms with Crippen molar-refractivity contribution in [3.8, 4) is 17.1 Å². The van der Waals surface area contributed by atoms with Gasteiger partial charge in [0.15, 0.2) is 5.65 Å². The van der Waals surface area contributed by atoms with Gasteiger partial charge in [-0.1, -0.05) is 26.0 Å². The van der Waals surface area contributed by atoms with Gasteiger partial charge in [0.25, 0.3) is 0 Å². The molecule has 138 valence electrons. The third kappa shape index (κ3) is 4.37. The van der Waals surface area contributed by atoms with E-state index in [-0.39, 0.29) is 0 Å². The van der Waals surface area contributed by atoms with E-state index in [1.807, 2.05) is 22.8 Å². The molecule has 0 fully saturated rings. The number of fused-ring (bicyclic) bond motifs is 1. The van der Waals surface area contributed by atoms with Crippen LogP contribution in [0.2, 0.25) is 0 Å². The molecule has 3 rings (SSSR count). The Kier molecular flexibility index (Phi) is 6.52. The molecule has 0 amide bonds. The second-order valence-corrected chi connectivity index (χ2v) is 6.92. The molecule has 0 aliphatic rings. The van der Waals surface area contributed by atoms with Gasteiger partial charge in [0.05, 0.1) is 18.5 Å². The van der Waals surface area contributed by atoms with Gasteiger partial charge in [0.1, 0.15) is 0 Å². The third-order valence-corrected chi connectivity index (χ3v) is 5.23. The second kappa shape index (κ2) is 9.05. The van der Waals surface area contributed by atoms with Crippen molar-refractivity contribution in [1.82, 2.24) is 19.5 Å². The molecule has 0 aliphatic carbocycles. The summed E-state index contributed by atoms with van der Waals surface area (Å²) in [6, 6.07) is 12.3. The van der Waals surface area contributed by atoms with E-state index >= 15 is 0 Å². The summed E-state index contributed by atoms with van der Waals surface area (Å²) in [4.78, 5) is 8.09. The number of benzene rings is 1. The van der Waals surface area contributed by atoms with Crippen LogP contribution < -0.4 is 4.74 Å². The topological polar surface area (TPSA) is 42.7 Å². The summed E-state index contributed by atoms with van der Waals surface area (Å²) in [5, 5.41) is 4.62. The van der Waals surface area contributed by atoms with Crippen molar-refractivity contribution in [2.24, 2.45) is 0 Å². The van der Waals surface area contributed by atoms with Gasteiger partial charge in [-0.2, -0.15) is 0 Å². The first-order valence-electron chi connectivity index (χ1n) is 9.09. The van der Waals surface area contributed by atoms with Crippen molar-refractivity contribution in [2.75, 3.05) is 32.5 Å². The summed E-state index contributed by atoms with van der Waals surface area (Å²) in [6.45, 7) is 8.25. The van der Waals surface area contributed by atoms with E-state index in [0.29, 0.717) is 12.5 Å². The fourth-order valence-electron chi connectivity index (χ4n) is 2.90. The highest BCUT2D eigenvalue weighted by Crippen LogP contribution is 2.24. The molecule has 0 atom stereocenters. The van der Waals surface area contributed by atoms with Crippen LogP contribution in [0.5, 0.6) is 5.88 Å². The molecule has 0 unspecified atom stereocenters. The normalized spacial score (nSPS) is 11.4. The first kappa shape index (κ1) is 18.7. The highest BCUT2D eigenvalue weighted by Gasteiger charge is 2.09. The van der Waals surface area contributed by atoms with Crippen molar-refractivity contribution >= 4 is 17.4 Å². The SMILES string of the molecule is CCN(CC)CCCOc1ccc2ncc(-c3ccc(SC)cc3)n2n1.